The van der Waals surface area contributed by atoms with Gasteiger partial charge in [0.05, 0.1) is 11.1 Å². The number of fused-ring (bicyclic) bond motifs is 13. The van der Waals surface area contributed by atoms with Gasteiger partial charge < -0.3 is 9.80 Å². The van der Waals surface area contributed by atoms with Crippen LogP contribution in [0.3, 0.4) is 0 Å². The van der Waals surface area contributed by atoms with Gasteiger partial charge in [0.25, 0.3) is 0 Å². The highest BCUT2D eigenvalue weighted by molar-refractivity contribution is 6.09. The van der Waals surface area contributed by atoms with Gasteiger partial charge in [0.2, 0.25) is 0 Å². The van der Waals surface area contributed by atoms with Crippen molar-refractivity contribution in [2.75, 3.05) is 9.80 Å². The van der Waals surface area contributed by atoms with Crippen molar-refractivity contribution in [3.63, 3.8) is 0 Å². The summed E-state index contributed by atoms with van der Waals surface area (Å²) < 4.78 is 0. The van der Waals surface area contributed by atoms with E-state index >= 15 is 0 Å². The van der Waals surface area contributed by atoms with Crippen molar-refractivity contribution in [1.82, 2.24) is 0 Å². The summed E-state index contributed by atoms with van der Waals surface area (Å²) in [4.78, 5) is 4.86. The Hall–Kier alpha value is -7.68. The fourth-order valence-electron chi connectivity index (χ4n) is 10.2. The van der Waals surface area contributed by atoms with Crippen LogP contribution in [-0.4, -0.2) is 0 Å². The third-order valence-electron chi connectivity index (χ3n) is 12.6. The molecule has 0 aromatic heterocycles. The molecule has 1 atom stereocenters. The Bertz CT molecular complexity index is 3190. The van der Waals surface area contributed by atoms with Gasteiger partial charge in [-0.2, -0.15) is 0 Å². The summed E-state index contributed by atoms with van der Waals surface area (Å²) in [7, 11) is 0. The van der Waals surface area contributed by atoms with Crippen molar-refractivity contribution >= 4 is 55.7 Å². The maximum absolute atomic E-state index is 2.49. The molecule has 2 nitrogen and oxygen atoms in total. The molecular formula is C57H38N2. The van der Waals surface area contributed by atoms with Crippen molar-refractivity contribution in [3.05, 3.63) is 253 Å². The Morgan fingerprint density at radius 3 is 1.47 bits per heavy atom. The summed E-state index contributed by atoms with van der Waals surface area (Å²) in [5, 5.41) is 4.99. The largest absolute Gasteiger partial charge is 0.310 e. The van der Waals surface area contributed by atoms with Crippen molar-refractivity contribution in [3.8, 4) is 22.3 Å². The van der Waals surface area contributed by atoms with E-state index in [0.717, 1.165) is 28.4 Å². The predicted octanol–water partition coefficient (Wildman–Crippen LogP) is 15.3. The van der Waals surface area contributed by atoms with E-state index < -0.39 is 5.41 Å². The van der Waals surface area contributed by atoms with Crippen molar-refractivity contribution < 1.29 is 0 Å². The van der Waals surface area contributed by atoms with Crippen LogP contribution < -0.4 is 9.80 Å². The normalized spacial score (nSPS) is 14.5. The minimum atomic E-state index is -0.537. The first-order valence-electron chi connectivity index (χ1n) is 20.4. The van der Waals surface area contributed by atoms with E-state index in [-0.39, 0.29) is 0 Å². The summed E-state index contributed by atoms with van der Waals surface area (Å²) >= 11 is 0. The highest BCUT2D eigenvalue weighted by atomic mass is 15.1. The zero-order valence-corrected chi connectivity index (χ0v) is 32.3. The molecule has 10 aromatic carbocycles. The van der Waals surface area contributed by atoms with Crippen molar-refractivity contribution in [2.45, 2.75) is 5.41 Å². The minimum absolute atomic E-state index is 0.537. The number of rotatable bonds is 6. The standard InChI is InChI=1S/C57H38N2/c1-4-18-41(19-5-1)58(44-34-33-40-32-31-39-17-10-11-24-46(39)50(40)37-44)45-35-36-48-47-25-12-14-27-51(47)57(54(48)38-45)52-28-15-13-26-49(52)56-53(57)29-16-30-55(56)59(42-20-6-2-7-21-42)43-22-8-3-9-23-43/h1-38H. The van der Waals surface area contributed by atoms with E-state index in [1.165, 1.54) is 71.7 Å². The topological polar surface area (TPSA) is 6.48 Å². The van der Waals surface area contributed by atoms with Crippen LogP contribution in [0.2, 0.25) is 0 Å². The molecule has 2 aliphatic carbocycles. The van der Waals surface area contributed by atoms with E-state index in [9.17, 15) is 0 Å². The number of para-hydroxylation sites is 3. The molecule has 2 heteroatoms. The average Bonchev–Trinajstić information content (AvgIpc) is 3.78. The summed E-state index contributed by atoms with van der Waals surface area (Å²) in [6.07, 6.45) is 0. The average molecular weight is 751 g/mol. The van der Waals surface area contributed by atoms with Crippen LogP contribution in [0.25, 0.3) is 43.8 Å². The van der Waals surface area contributed by atoms with Gasteiger partial charge in [0.1, 0.15) is 0 Å². The van der Waals surface area contributed by atoms with Crippen molar-refractivity contribution in [2.24, 2.45) is 0 Å². The summed E-state index contributed by atoms with van der Waals surface area (Å²) in [5.74, 6) is 0. The first-order valence-corrected chi connectivity index (χ1v) is 20.4. The van der Waals surface area contributed by atoms with Crippen molar-refractivity contribution in [1.29, 1.82) is 0 Å². The Kier molecular flexibility index (Phi) is 7.48. The third kappa shape index (κ3) is 4.93. The maximum atomic E-state index is 2.49. The van der Waals surface area contributed by atoms with Gasteiger partial charge in [0.15, 0.2) is 0 Å². The van der Waals surface area contributed by atoms with Gasteiger partial charge in [-0.05, 0) is 127 Å². The molecule has 12 rings (SSSR count). The SMILES string of the molecule is c1ccc(N(c2ccc3c(c2)C2(c4ccccc4-3)c3ccccc3-c3c(N(c4ccccc4)c4ccccc4)cccc32)c2ccc3ccc4ccccc4c3c2)cc1. The third-order valence-corrected chi connectivity index (χ3v) is 12.6. The number of anilines is 6. The smallest absolute Gasteiger partial charge is 0.0727 e. The van der Waals surface area contributed by atoms with Crippen LogP contribution in [-0.2, 0) is 5.41 Å². The molecule has 2 aliphatic rings. The number of nitrogens with zero attached hydrogens (tertiary/aromatic N) is 2. The lowest BCUT2D eigenvalue weighted by Crippen LogP contribution is -2.26. The lowest BCUT2D eigenvalue weighted by molar-refractivity contribution is 0.793. The second kappa shape index (κ2) is 13.2. The molecule has 0 saturated heterocycles. The summed E-state index contributed by atoms with van der Waals surface area (Å²) in [6, 6.07) is 84.8. The van der Waals surface area contributed by atoms with Crippen LogP contribution in [0.15, 0.2) is 231 Å². The maximum Gasteiger partial charge on any atom is 0.0727 e. The molecule has 0 saturated carbocycles. The second-order valence-electron chi connectivity index (χ2n) is 15.6. The molecule has 0 heterocycles. The molecule has 276 valence electrons. The van der Waals surface area contributed by atoms with Crippen LogP contribution in [0.5, 0.6) is 0 Å². The van der Waals surface area contributed by atoms with E-state index in [1.54, 1.807) is 0 Å². The van der Waals surface area contributed by atoms with Crippen LogP contribution in [0, 0.1) is 0 Å². The fourth-order valence-corrected chi connectivity index (χ4v) is 10.2. The lowest BCUT2D eigenvalue weighted by Gasteiger charge is -2.33. The fraction of sp³-hybridized carbons (Fsp3) is 0.0175. The molecular weight excluding hydrogens is 713 g/mol. The number of hydrogen-bond donors (Lipinski definition) is 0. The molecule has 0 fully saturated rings. The molecule has 10 aromatic rings. The second-order valence-corrected chi connectivity index (χ2v) is 15.6. The van der Waals surface area contributed by atoms with E-state index in [0.29, 0.717) is 0 Å². The van der Waals surface area contributed by atoms with Gasteiger partial charge in [-0.15, -0.1) is 0 Å². The molecule has 0 radical (unpaired) electrons. The number of benzene rings is 10. The Morgan fingerprint density at radius 1 is 0.271 bits per heavy atom. The first kappa shape index (κ1) is 33.5. The molecule has 1 unspecified atom stereocenters. The summed E-state index contributed by atoms with van der Waals surface area (Å²) in [5.41, 5.74) is 16.6. The molecule has 0 N–H and O–H groups in total. The van der Waals surface area contributed by atoms with E-state index in [4.69, 9.17) is 0 Å². The Balaban J connectivity index is 1.13. The minimum Gasteiger partial charge on any atom is -0.310 e. The zero-order valence-electron chi connectivity index (χ0n) is 32.3. The lowest BCUT2D eigenvalue weighted by atomic mass is 9.70. The van der Waals surface area contributed by atoms with Gasteiger partial charge >= 0.3 is 0 Å². The van der Waals surface area contributed by atoms with E-state index in [2.05, 4.69) is 240 Å². The Labute approximate surface area is 344 Å². The summed E-state index contributed by atoms with van der Waals surface area (Å²) in [6.45, 7) is 0. The number of hydrogen-bond acceptors (Lipinski definition) is 2. The van der Waals surface area contributed by atoms with Crippen LogP contribution in [0.1, 0.15) is 22.3 Å². The van der Waals surface area contributed by atoms with E-state index in [1.807, 2.05) is 0 Å². The van der Waals surface area contributed by atoms with Crippen LogP contribution >= 0.6 is 0 Å². The quantitative estimate of drug-likeness (QED) is 0.156. The van der Waals surface area contributed by atoms with Gasteiger partial charge in [-0.1, -0.05) is 164 Å². The van der Waals surface area contributed by atoms with Crippen LogP contribution in [0.4, 0.5) is 34.1 Å². The predicted molar refractivity (Wildman–Crippen MR) is 247 cm³/mol. The molecule has 59 heavy (non-hydrogen) atoms. The molecule has 0 amide bonds. The van der Waals surface area contributed by atoms with Gasteiger partial charge in [-0.3, -0.25) is 0 Å². The monoisotopic (exact) mass is 750 g/mol. The molecule has 0 bridgehead atoms. The molecule has 1 spiro atoms. The first-order chi connectivity index (χ1) is 29.3. The zero-order chi connectivity index (χ0) is 38.9. The molecule has 0 aliphatic heterocycles. The highest BCUT2D eigenvalue weighted by Crippen LogP contribution is 2.65. The van der Waals surface area contributed by atoms with Gasteiger partial charge in [-0.25, -0.2) is 0 Å². The Morgan fingerprint density at radius 2 is 0.763 bits per heavy atom. The van der Waals surface area contributed by atoms with Gasteiger partial charge in [0, 0.05) is 34.0 Å². The highest BCUT2D eigenvalue weighted by Gasteiger charge is 2.52.